The van der Waals surface area contributed by atoms with Gasteiger partial charge in [0.05, 0.1) is 6.04 Å². The van der Waals surface area contributed by atoms with Crippen molar-refractivity contribution in [3.8, 4) is 5.75 Å². The van der Waals surface area contributed by atoms with Crippen LogP contribution in [-0.4, -0.2) is 35.4 Å². The van der Waals surface area contributed by atoms with E-state index in [0.29, 0.717) is 12.5 Å². The Balaban J connectivity index is 2.27. The number of hydrogen-bond acceptors (Lipinski definition) is 4. The van der Waals surface area contributed by atoms with Crippen LogP contribution in [0.5, 0.6) is 5.75 Å². The van der Waals surface area contributed by atoms with Gasteiger partial charge in [0.15, 0.2) is 0 Å². The van der Waals surface area contributed by atoms with Gasteiger partial charge in [-0.05, 0) is 19.1 Å². The van der Waals surface area contributed by atoms with Gasteiger partial charge in [0.2, 0.25) is 5.90 Å². The van der Waals surface area contributed by atoms with Crippen molar-refractivity contribution < 1.29 is 14.9 Å². The second kappa shape index (κ2) is 4.75. The third kappa shape index (κ3) is 2.26. The van der Waals surface area contributed by atoms with Gasteiger partial charge in [0.25, 0.3) is 0 Å². The van der Waals surface area contributed by atoms with E-state index >= 15 is 0 Å². The van der Waals surface area contributed by atoms with Gasteiger partial charge in [-0.1, -0.05) is 13.0 Å². The van der Waals surface area contributed by atoms with Crippen LogP contribution >= 0.6 is 0 Å². The number of benzene rings is 1. The summed E-state index contributed by atoms with van der Waals surface area (Å²) < 4.78 is 5.54. The van der Waals surface area contributed by atoms with Crippen LogP contribution in [0, 0.1) is 12.8 Å². The van der Waals surface area contributed by atoms with Crippen molar-refractivity contribution in [3.63, 3.8) is 0 Å². The van der Waals surface area contributed by atoms with Crippen LogP contribution in [0.4, 0.5) is 0 Å². The minimum Gasteiger partial charge on any atom is -0.508 e. The maximum absolute atomic E-state index is 9.63. The van der Waals surface area contributed by atoms with Crippen LogP contribution in [0.15, 0.2) is 23.2 Å². The minimum atomic E-state index is -0.00301. The van der Waals surface area contributed by atoms with Crippen LogP contribution < -0.4 is 0 Å². The molecule has 0 amide bonds. The van der Waals surface area contributed by atoms with Gasteiger partial charge in [-0.25, -0.2) is 4.99 Å². The Hall–Kier alpha value is -1.55. The maximum atomic E-state index is 9.63. The van der Waals surface area contributed by atoms with E-state index in [-0.39, 0.29) is 24.3 Å². The molecule has 0 radical (unpaired) electrons. The van der Waals surface area contributed by atoms with E-state index in [1.807, 2.05) is 19.9 Å². The van der Waals surface area contributed by atoms with E-state index in [4.69, 9.17) is 9.84 Å². The molecule has 2 N–H and O–H groups in total. The average molecular weight is 235 g/mol. The third-order valence-electron chi connectivity index (χ3n) is 3.15. The summed E-state index contributed by atoms with van der Waals surface area (Å²) in [5, 5.41) is 18.7. The molecule has 17 heavy (non-hydrogen) atoms. The maximum Gasteiger partial charge on any atom is 0.216 e. The molecule has 1 heterocycles. The summed E-state index contributed by atoms with van der Waals surface area (Å²) in [5.74, 6) is 0.890. The Morgan fingerprint density at radius 2 is 2.29 bits per heavy atom. The summed E-state index contributed by atoms with van der Waals surface area (Å²) in [7, 11) is 0. The number of aliphatic imine (C=N–C) groups is 1. The van der Waals surface area contributed by atoms with Crippen molar-refractivity contribution in [2.75, 3.05) is 13.2 Å². The number of aliphatic hydroxyl groups excluding tert-OH is 1. The number of hydrogen-bond donors (Lipinski definition) is 2. The lowest BCUT2D eigenvalue weighted by atomic mass is 10.1. The van der Waals surface area contributed by atoms with Gasteiger partial charge in [0, 0.05) is 23.7 Å². The topological polar surface area (TPSA) is 62.1 Å². The van der Waals surface area contributed by atoms with Crippen LogP contribution in [0.2, 0.25) is 0 Å². The molecule has 92 valence electrons. The van der Waals surface area contributed by atoms with E-state index in [9.17, 15) is 5.11 Å². The van der Waals surface area contributed by atoms with Crippen molar-refractivity contribution in [1.29, 1.82) is 0 Å². The Kier molecular flexibility index (Phi) is 3.33. The Morgan fingerprint density at radius 3 is 3.00 bits per heavy atom. The first-order valence-corrected chi connectivity index (χ1v) is 5.74. The molecule has 4 heteroatoms. The van der Waals surface area contributed by atoms with Crippen molar-refractivity contribution >= 4 is 5.90 Å². The molecule has 4 nitrogen and oxygen atoms in total. The predicted molar refractivity (Wildman–Crippen MR) is 65.4 cm³/mol. The fourth-order valence-electron chi connectivity index (χ4n) is 1.81. The number of phenols is 1. The SMILES string of the molecule is Cc1c(O)cccc1C1=N[C@H]([C@@H](C)CO)CO1. The highest BCUT2D eigenvalue weighted by atomic mass is 16.5. The fraction of sp³-hybridized carbons (Fsp3) is 0.462. The van der Waals surface area contributed by atoms with Crippen LogP contribution in [0.3, 0.4) is 0 Å². The summed E-state index contributed by atoms with van der Waals surface area (Å²) in [6.45, 7) is 4.37. The van der Waals surface area contributed by atoms with E-state index < -0.39 is 0 Å². The zero-order valence-electron chi connectivity index (χ0n) is 10.1. The van der Waals surface area contributed by atoms with Crippen LogP contribution in [0.1, 0.15) is 18.1 Å². The number of rotatable bonds is 3. The van der Waals surface area contributed by atoms with E-state index in [1.54, 1.807) is 12.1 Å². The van der Waals surface area contributed by atoms with Crippen molar-refractivity contribution in [3.05, 3.63) is 29.3 Å². The molecule has 0 saturated carbocycles. The summed E-state index contributed by atoms with van der Waals surface area (Å²) in [5.41, 5.74) is 1.58. The molecule has 1 aromatic carbocycles. The highest BCUT2D eigenvalue weighted by Crippen LogP contribution is 2.24. The van der Waals surface area contributed by atoms with E-state index in [0.717, 1.165) is 11.1 Å². The van der Waals surface area contributed by atoms with Crippen molar-refractivity contribution in [2.45, 2.75) is 19.9 Å². The molecule has 2 atom stereocenters. The van der Waals surface area contributed by atoms with Crippen LogP contribution in [-0.2, 0) is 4.74 Å². The van der Waals surface area contributed by atoms with Gasteiger partial charge in [0.1, 0.15) is 12.4 Å². The molecule has 1 aliphatic rings. The lowest BCUT2D eigenvalue weighted by Crippen LogP contribution is -2.20. The predicted octanol–water partition coefficient (Wildman–Crippen LogP) is 1.47. The van der Waals surface area contributed by atoms with E-state index in [2.05, 4.69) is 4.99 Å². The Morgan fingerprint density at radius 1 is 1.53 bits per heavy atom. The number of aromatic hydroxyl groups is 1. The first-order chi connectivity index (χ1) is 8.13. The van der Waals surface area contributed by atoms with Gasteiger partial charge in [-0.15, -0.1) is 0 Å². The molecule has 1 aromatic rings. The second-order valence-electron chi connectivity index (χ2n) is 4.42. The quantitative estimate of drug-likeness (QED) is 0.834. The largest absolute Gasteiger partial charge is 0.508 e. The van der Waals surface area contributed by atoms with Crippen molar-refractivity contribution in [2.24, 2.45) is 10.9 Å². The number of ether oxygens (including phenoxy) is 1. The average Bonchev–Trinajstić information content (AvgIpc) is 2.81. The molecule has 0 unspecified atom stereocenters. The summed E-state index contributed by atoms with van der Waals surface area (Å²) in [4.78, 5) is 4.45. The molecule has 1 aliphatic heterocycles. The molecule has 0 spiro atoms. The second-order valence-corrected chi connectivity index (χ2v) is 4.42. The van der Waals surface area contributed by atoms with Gasteiger partial charge in [-0.2, -0.15) is 0 Å². The Labute approximate surface area is 101 Å². The zero-order chi connectivity index (χ0) is 12.4. The van der Waals surface area contributed by atoms with Gasteiger partial charge in [-0.3, -0.25) is 0 Å². The summed E-state index contributed by atoms with van der Waals surface area (Å²) >= 11 is 0. The molecular weight excluding hydrogens is 218 g/mol. The van der Waals surface area contributed by atoms with E-state index in [1.165, 1.54) is 0 Å². The van der Waals surface area contributed by atoms with Gasteiger partial charge >= 0.3 is 0 Å². The number of aliphatic hydroxyl groups is 1. The molecule has 0 fully saturated rings. The standard InChI is InChI=1S/C13H17NO3/c1-8(6-15)11-7-17-13(14-11)10-4-3-5-12(16)9(10)2/h3-5,8,11,15-16H,6-7H2,1-2H3/t8-,11-/m0/s1. The lowest BCUT2D eigenvalue weighted by Gasteiger charge is -2.10. The first-order valence-electron chi connectivity index (χ1n) is 5.74. The fourth-order valence-corrected chi connectivity index (χ4v) is 1.81. The highest BCUT2D eigenvalue weighted by molar-refractivity contribution is 5.97. The summed E-state index contributed by atoms with van der Waals surface area (Å²) in [6.07, 6.45) is 0. The molecule has 0 aliphatic carbocycles. The summed E-state index contributed by atoms with van der Waals surface area (Å²) in [6, 6.07) is 5.28. The number of nitrogens with zero attached hydrogens (tertiary/aromatic N) is 1. The number of phenolic OH excluding ortho intramolecular Hbond substituents is 1. The lowest BCUT2D eigenvalue weighted by molar-refractivity contribution is 0.195. The molecule has 2 rings (SSSR count). The first kappa shape index (κ1) is 11.9. The smallest absolute Gasteiger partial charge is 0.216 e. The van der Waals surface area contributed by atoms with Crippen LogP contribution in [0.25, 0.3) is 0 Å². The third-order valence-corrected chi connectivity index (χ3v) is 3.15. The minimum absolute atomic E-state index is 0.00301. The highest BCUT2D eigenvalue weighted by Gasteiger charge is 2.25. The normalized spacial score (nSPS) is 20.9. The monoisotopic (exact) mass is 235 g/mol. The molecule has 0 bridgehead atoms. The molecule has 0 saturated heterocycles. The molecular formula is C13H17NO3. The Bertz CT molecular complexity index is 442. The zero-order valence-corrected chi connectivity index (χ0v) is 10.1. The van der Waals surface area contributed by atoms with Gasteiger partial charge < -0.3 is 14.9 Å². The molecule has 0 aromatic heterocycles. The van der Waals surface area contributed by atoms with Crippen molar-refractivity contribution in [1.82, 2.24) is 0 Å².